The molecule has 0 fully saturated rings. The van der Waals surface area contributed by atoms with Crippen molar-refractivity contribution >= 4 is 11.6 Å². The van der Waals surface area contributed by atoms with E-state index < -0.39 is 0 Å². The second-order valence-corrected chi connectivity index (χ2v) is 4.42. The molecule has 0 aliphatic heterocycles. The Morgan fingerprint density at radius 1 is 1.20 bits per heavy atom. The second-order valence-electron chi connectivity index (χ2n) is 4.42. The fraction of sp³-hybridized carbons (Fsp3) is 0.188. The number of para-hydroxylation sites is 2. The number of ether oxygens (including phenoxy) is 1. The van der Waals surface area contributed by atoms with Gasteiger partial charge in [-0.25, -0.2) is 0 Å². The van der Waals surface area contributed by atoms with Crippen LogP contribution >= 0.6 is 0 Å². The normalized spacial score (nSPS) is 10.1. The van der Waals surface area contributed by atoms with Crippen molar-refractivity contribution in [2.75, 3.05) is 12.4 Å². The minimum Gasteiger partial charge on any atom is -0.506 e. The van der Waals surface area contributed by atoms with E-state index in [-0.39, 0.29) is 11.7 Å². The summed E-state index contributed by atoms with van der Waals surface area (Å²) in [6, 6.07) is 14.3. The minimum absolute atomic E-state index is 0.0715. The highest BCUT2D eigenvalue weighted by molar-refractivity contribution is 5.92. The van der Waals surface area contributed by atoms with Crippen molar-refractivity contribution in [1.82, 2.24) is 0 Å². The first-order valence-corrected chi connectivity index (χ1v) is 6.40. The van der Waals surface area contributed by atoms with E-state index in [1.165, 1.54) is 6.07 Å². The van der Waals surface area contributed by atoms with Crippen molar-refractivity contribution in [1.29, 1.82) is 0 Å². The zero-order chi connectivity index (χ0) is 14.4. The number of rotatable bonds is 5. The molecule has 0 unspecified atom stereocenters. The van der Waals surface area contributed by atoms with Gasteiger partial charge in [0.15, 0.2) is 0 Å². The lowest BCUT2D eigenvalue weighted by Gasteiger charge is -2.07. The molecule has 0 radical (unpaired) electrons. The van der Waals surface area contributed by atoms with Gasteiger partial charge in [0.2, 0.25) is 5.91 Å². The maximum Gasteiger partial charge on any atom is 0.224 e. The Balaban J connectivity index is 1.90. The van der Waals surface area contributed by atoms with Crippen molar-refractivity contribution in [2.24, 2.45) is 0 Å². The summed E-state index contributed by atoms with van der Waals surface area (Å²) in [6.07, 6.45) is 0.970. The van der Waals surface area contributed by atoms with E-state index in [1.54, 1.807) is 25.3 Å². The van der Waals surface area contributed by atoms with Gasteiger partial charge in [0, 0.05) is 6.42 Å². The van der Waals surface area contributed by atoms with Crippen LogP contribution in [0.1, 0.15) is 12.0 Å². The Morgan fingerprint density at radius 2 is 2.00 bits per heavy atom. The quantitative estimate of drug-likeness (QED) is 0.822. The second kappa shape index (κ2) is 6.61. The maximum absolute atomic E-state index is 11.8. The number of carbonyl (C=O) groups excluding carboxylic acids is 1. The van der Waals surface area contributed by atoms with Crippen molar-refractivity contribution in [3.63, 3.8) is 0 Å². The lowest BCUT2D eigenvalue weighted by molar-refractivity contribution is -0.116. The number of hydrogen-bond donors (Lipinski definition) is 2. The Labute approximate surface area is 118 Å². The van der Waals surface area contributed by atoms with Crippen LogP contribution in [0, 0.1) is 0 Å². The van der Waals surface area contributed by atoms with Gasteiger partial charge >= 0.3 is 0 Å². The van der Waals surface area contributed by atoms with Gasteiger partial charge in [0.25, 0.3) is 0 Å². The minimum atomic E-state index is -0.130. The molecule has 2 N–H and O–H groups in total. The summed E-state index contributed by atoms with van der Waals surface area (Å²) >= 11 is 0. The van der Waals surface area contributed by atoms with Gasteiger partial charge in [-0.3, -0.25) is 4.79 Å². The van der Waals surface area contributed by atoms with E-state index in [0.29, 0.717) is 18.5 Å². The van der Waals surface area contributed by atoms with Crippen LogP contribution in [0.15, 0.2) is 48.5 Å². The Hall–Kier alpha value is -2.49. The van der Waals surface area contributed by atoms with Crippen LogP contribution in [0.3, 0.4) is 0 Å². The number of anilines is 1. The van der Waals surface area contributed by atoms with Gasteiger partial charge in [0.05, 0.1) is 12.8 Å². The van der Waals surface area contributed by atoms with Gasteiger partial charge in [-0.15, -0.1) is 0 Å². The lowest BCUT2D eigenvalue weighted by atomic mass is 10.1. The van der Waals surface area contributed by atoms with Crippen molar-refractivity contribution in [3.05, 3.63) is 54.1 Å². The number of methoxy groups -OCH3 is 1. The molecule has 20 heavy (non-hydrogen) atoms. The fourth-order valence-electron chi connectivity index (χ4n) is 1.88. The average Bonchev–Trinajstić information content (AvgIpc) is 2.48. The largest absolute Gasteiger partial charge is 0.506 e. The van der Waals surface area contributed by atoms with E-state index in [9.17, 15) is 9.90 Å². The summed E-state index contributed by atoms with van der Waals surface area (Å²) in [5, 5.41) is 12.3. The van der Waals surface area contributed by atoms with Crippen LogP contribution in [0.2, 0.25) is 0 Å². The number of aryl methyl sites for hydroxylation is 1. The monoisotopic (exact) mass is 271 g/mol. The Kier molecular flexibility index (Phi) is 4.60. The molecule has 1 amide bonds. The highest BCUT2D eigenvalue weighted by Gasteiger charge is 2.06. The van der Waals surface area contributed by atoms with Crippen LogP contribution in [0.25, 0.3) is 0 Å². The summed E-state index contributed by atoms with van der Waals surface area (Å²) in [6.45, 7) is 0. The number of phenolic OH excluding ortho intramolecular Hbond substituents is 1. The summed E-state index contributed by atoms with van der Waals surface area (Å²) in [5.74, 6) is 0.722. The van der Waals surface area contributed by atoms with Crippen LogP contribution in [-0.4, -0.2) is 18.1 Å². The van der Waals surface area contributed by atoms with Gasteiger partial charge in [0.1, 0.15) is 11.5 Å². The first-order valence-electron chi connectivity index (χ1n) is 6.40. The predicted molar refractivity (Wildman–Crippen MR) is 78.1 cm³/mol. The average molecular weight is 271 g/mol. The molecule has 0 aliphatic rings. The number of benzene rings is 2. The third-order valence-electron chi connectivity index (χ3n) is 2.95. The van der Waals surface area contributed by atoms with E-state index in [0.717, 1.165) is 11.3 Å². The number of hydrogen-bond acceptors (Lipinski definition) is 3. The molecule has 0 aliphatic carbocycles. The molecule has 2 aromatic rings. The Morgan fingerprint density at radius 3 is 2.75 bits per heavy atom. The summed E-state index contributed by atoms with van der Waals surface area (Å²) in [7, 11) is 1.62. The third-order valence-corrected chi connectivity index (χ3v) is 2.95. The number of aromatic hydroxyl groups is 1. The molecule has 0 spiro atoms. The van der Waals surface area contributed by atoms with Crippen LogP contribution in [-0.2, 0) is 11.2 Å². The number of carbonyl (C=O) groups is 1. The summed E-state index contributed by atoms with van der Waals surface area (Å²) in [5.41, 5.74) is 1.47. The zero-order valence-corrected chi connectivity index (χ0v) is 11.3. The topological polar surface area (TPSA) is 58.6 Å². The first kappa shape index (κ1) is 13.9. The van der Waals surface area contributed by atoms with Gasteiger partial charge in [-0.1, -0.05) is 24.3 Å². The number of amides is 1. The Bertz CT molecular complexity index is 596. The molecule has 4 nitrogen and oxygen atoms in total. The third kappa shape index (κ3) is 3.75. The molecule has 104 valence electrons. The highest BCUT2D eigenvalue weighted by atomic mass is 16.5. The van der Waals surface area contributed by atoms with E-state index in [1.807, 2.05) is 24.3 Å². The SMILES string of the molecule is COc1cccc(CCC(=O)Nc2ccccc2O)c1. The van der Waals surface area contributed by atoms with Crippen molar-refractivity contribution in [2.45, 2.75) is 12.8 Å². The molecule has 0 saturated heterocycles. The molecule has 2 rings (SSSR count). The fourth-order valence-corrected chi connectivity index (χ4v) is 1.88. The summed E-state index contributed by atoms with van der Waals surface area (Å²) < 4.78 is 5.14. The van der Waals surface area contributed by atoms with Crippen LogP contribution in [0.5, 0.6) is 11.5 Å². The summed E-state index contributed by atoms with van der Waals surface area (Å²) in [4.78, 5) is 11.8. The molecule has 0 bridgehead atoms. The molecule has 0 heterocycles. The molecule has 4 heteroatoms. The van der Waals surface area contributed by atoms with Gasteiger partial charge in [-0.2, -0.15) is 0 Å². The molecule has 0 saturated carbocycles. The van der Waals surface area contributed by atoms with Crippen LogP contribution < -0.4 is 10.1 Å². The van der Waals surface area contributed by atoms with E-state index in [2.05, 4.69) is 5.32 Å². The molecule has 0 atom stereocenters. The maximum atomic E-state index is 11.8. The molecular weight excluding hydrogens is 254 g/mol. The van der Waals surface area contributed by atoms with Crippen molar-refractivity contribution in [3.8, 4) is 11.5 Å². The predicted octanol–water partition coefficient (Wildman–Crippen LogP) is 2.97. The number of nitrogens with one attached hydrogen (secondary N) is 1. The number of phenols is 1. The van der Waals surface area contributed by atoms with E-state index in [4.69, 9.17) is 4.74 Å². The zero-order valence-electron chi connectivity index (χ0n) is 11.3. The van der Waals surface area contributed by atoms with Gasteiger partial charge < -0.3 is 15.2 Å². The smallest absolute Gasteiger partial charge is 0.224 e. The molecular formula is C16H17NO3. The molecule has 0 aromatic heterocycles. The standard InChI is InChI=1S/C16H17NO3/c1-20-13-6-4-5-12(11-13)9-10-16(19)17-14-7-2-3-8-15(14)18/h2-8,11,18H,9-10H2,1H3,(H,17,19). The van der Waals surface area contributed by atoms with Gasteiger partial charge in [-0.05, 0) is 36.2 Å². The highest BCUT2D eigenvalue weighted by Crippen LogP contribution is 2.22. The molecule has 2 aromatic carbocycles. The van der Waals surface area contributed by atoms with E-state index >= 15 is 0 Å². The lowest BCUT2D eigenvalue weighted by Crippen LogP contribution is -2.12. The first-order chi connectivity index (χ1) is 9.69. The van der Waals surface area contributed by atoms with Crippen LogP contribution in [0.4, 0.5) is 5.69 Å². The van der Waals surface area contributed by atoms with Crippen molar-refractivity contribution < 1.29 is 14.6 Å².